The maximum atomic E-state index is 11.1. The highest BCUT2D eigenvalue weighted by atomic mass is 16.5. The van der Waals surface area contributed by atoms with E-state index < -0.39 is 12.0 Å². The van der Waals surface area contributed by atoms with Crippen molar-refractivity contribution in [3.05, 3.63) is 6.07 Å². The SMILES string of the molecule is COc1cc(OC)nc(N2CCC3(CC2)CN[C@@H](C(=O)O)C3)n1. The molecule has 0 unspecified atom stereocenters. The summed E-state index contributed by atoms with van der Waals surface area (Å²) in [7, 11) is 3.12. The minimum absolute atomic E-state index is 0.0719. The number of hydrogen-bond acceptors (Lipinski definition) is 7. The summed E-state index contributed by atoms with van der Waals surface area (Å²) in [5, 5.41) is 12.3. The van der Waals surface area contributed by atoms with Gasteiger partial charge >= 0.3 is 5.97 Å². The highest BCUT2D eigenvalue weighted by Gasteiger charge is 2.43. The number of nitrogens with zero attached hydrogens (tertiary/aromatic N) is 3. The van der Waals surface area contributed by atoms with Crippen LogP contribution in [0.1, 0.15) is 19.3 Å². The molecule has 0 bridgehead atoms. The van der Waals surface area contributed by atoms with Gasteiger partial charge in [0.05, 0.1) is 20.3 Å². The van der Waals surface area contributed by atoms with Gasteiger partial charge in [0, 0.05) is 19.6 Å². The number of carboxylic acids is 1. The highest BCUT2D eigenvalue weighted by Crippen LogP contribution is 2.40. The van der Waals surface area contributed by atoms with Crippen molar-refractivity contribution in [1.29, 1.82) is 0 Å². The maximum absolute atomic E-state index is 11.1. The zero-order chi connectivity index (χ0) is 16.4. The van der Waals surface area contributed by atoms with E-state index in [1.54, 1.807) is 20.3 Å². The molecule has 8 nitrogen and oxygen atoms in total. The summed E-state index contributed by atoms with van der Waals surface area (Å²) in [4.78, 5) is 22.0. The Kier molecular flexibility index (Phi) is 4.25. The van der Waals surface area contributed by atoms with Gasteiger partial charge in [0.2, 0.25) is 17.7 Å². The summed E-state index contributed by atoms with van der Waals surface area (Å²) in [6, 6.07) is 1.22. The number of ether oxygens (including phenoxy) is 2. The number of anilines is 1. The topological polar surface area (TPSA) is 96.8 Å². The van der Waals surface area contributed by atoms with Gasteiger partial charge in [-0.2, -0.15) is 9.97 Å². The van der Waals surface area contributed by atoms with Crippen LogP contribution in [0.2, 0.25) is 0 Å². The summed E-state index contributed by atoms with van der Waals surface area (Å²) in [6.45, 7) is 2.36. The molecule has 23 heavy (non-hydrogen) atoms. The van der Waals surface area contributed by atoms with E-state index in [0.717, 1.165) is 32.5 Å². The van der Waals surface area contributed by atoms with Crippen LogP contribution in [0.25, 0.3) is 0 Å². The lowest BCUT2D eigenvalue weighted by atomic mass is 9.76. The number of rotatable bonds is 4. The molecule has 0 saturated carbocycles. The number of piperidine rings is 1. The van der Waals surface area contributed by atoms with Crippen molar-refractivity contribution in [2.24, 2.45) is 5.41 Å². The Balaban J connectivity index is 1.69. The Bertz CT molecular complexity index is 565. The van der Waals surface area contributed by atoms with Crippen molar-refractivity contribution in [3.8, 4) is 11.8 Å². The fourth-order valence-electron chi connectivity index (χ4n) is 3.40. The molecule has 1 aromatic heterocycles. The fraction of sp³-hybridized carbons (Fsp3) is 0.667. The number of hydrogen-bond donors (Lipinski definition) is 2. The minimum atomic E-state index is -0.759. The van der Waals surface area contributed by atoms with Crippen LogP contribution in [-0.4, -0.2) is 60.9 Å². The molecule has 2 N–H and O–H groups in total. The second kappa shape index (κ2) is 6.19. The lowest BCUT2D eigenvalue weighted by Crippen LogP contribution is -2.42. The van der Waals surface area contributed by atoms with E-state index in [-0.39, 0.29) is 5.41 Å². The summed E-state index contributed by atoms with van der Waals surface area (Å²) in [5.41, 5.74) is 0.0719. The molecule has 1 atom stereocenters. The Morgan fingerprint density at radius 1 is 1.30 bits per heavy atom. The first-order valence-corrected chi connectivity index (χ1v) is 7.73. The molecule has 0 radical (unpaired) electrons. The van der Waals surface area contributed by atoms with E-state index in [1.165, 1.54) is 0 Å². The summed E-state index contributed by atoms with van der Waals surface area (Å²) >= 11 is 0. The predicted molar refractivity (Wildman–Crippen MR) is 83.1 cm³/mol. The van der Waals surface area contributed by atoms with Crippen LogP contribution in [-0.2, 0) is 4.79 Å². The van der Waals surface area contributed by atoms with Gasteiger partial charge in [-0.3, -0.25) is 4.79 Å². The highest BCUT2D eigenvalue weighted by molar-refractivity contribution is 5.74. The van der Waals surface area contributed by atoms with Crippen molar-refractivity contribution < 1.29 is 19.4 Å². The normalized spacial score (nSPS) is 23.0. The summed E-state index contributed by atoms with van der Waals surface area (Å²) < 4.78 is 10.4. The first kappa shape index (κ1) is 15.8. The Morgan fingerprint density at radius 2 is 1.91 bits per heavy atom. The molecule has 0 aromatic carbocycles. The number of aromatic nitrogens is 2. The zero-order valence-corrected chi connectivity index (χ0v) is 13.4. The van der Waals surface area contributed by atoms with Crippen molar-refractivity contribution in [2.45, 2.75) is 25.3 Å². The number of carboxylic acid groups (broad SMARTS) is 1. The van der Waals surface area contributed by atoms with Crippen LogP contribution >= 0.6 is 0 Å². The second-order valence-electron chi connectivity index (χ2n) is 6.22. The van der Waals surface area contributed by atoms with E-state index in [1.807, 2.05) is 0 Å². The lowest BCUT2D eigenvalue weighted by Gasteiger charge is -2.39. The van der Waals surface area contributed by atoms with Gasteiger partial charge in [0.15, 0.2) is 0 Å². The van der Waals surface area contributed by atoms with Crippen LogP contribution in [0, 0.1) is 5.41 Å². The van der Waals surface area contributed by atoms with E-state index in [0.29, 0.717) is 24.1 Å². The number of carbonyl (C=O) groups is 1. The molecule has 8 heteroatoms. The van der Waals surface area contributed by atoms with Crippen molar-refractivity contribution in [3.63, 3.8) is 0 Å². The largest absolute Gasteiger partial charge is 0.481 e. The van der Waals surface area contributed by atoms with Crippen LogP contribution in [0.5, 0.6) is 11.8 Å². The van der Waals surface area contributed by atoms with Crippen molar-refractivity contribution >= 4 is 11.9 Å². The van der Waals surface area contributed by atoms with Crippen LogP contribution in [0.15, 0.2) is 6.07 Å². The Morgan fingerprint density at radius 3 is 2.39 bits per heavy atom. The molecule has 3 rings (SSSR count). The Hall–Kier alpha value is -2.09. The van der Waals surface area contributed by atoms with Crippen LogP contribution < -0.4 is 19.7 Å². The third-order valence-electron chi connectivity index (χ3n) is 4.85. The van der Waals surface area contributed by atoms with Gasteiger partial charge in [-0.05, 0) is 24.7 Å². The van der Waals surface area contributed by atoms with E-state index >= 15 is 0 Å². The minimum Gasteiger partial charge on any atom is -0.481 e. The standard InChI is InChI=1S/C15H22N4O4/c1-22-11-7-12(23-2)18-14(17-11)19-5-3-15(4-6-19)8-10(13(20)21)16-9-15/h7,10,16H,3-6,8-9H2,1-2H3,(H,20,21)/t10-/m1/s1. The van der Waals surface area contributed by atoms with Gasteiger partial charge < -0.3 is 24.8 Å². The molecule has 3 heterocycles. The molecule has 0 aliphatic carbocycles. The Labute approximate surface area is 134 Å². The average Bonchev–Trinajstić information content (AvgIpc) is 2.99. The average molecular weight is 322 g/mol. The number of aliphatic carboxylic acids is 1. The first-order chi connectivity index (χ1) is 11.0. The lowest BCUT2D eigenvalue weighted by molar-refractivity contribution is -0.139. The number of nitrogens with one attached hydrogen (secondary N) is 1. The molecule has 2 aliphatic heterocycles. The van der Waals surface area contributed by atoms with Gasteiger partial charge in [-0.1, -0.05) is 0 Å². The van der Waals surface area contributed by atoms with Crippen LogP contribution in [0.4, 0.5) is 5.95 Å². The van der Waals surface area contributed by atoms with Crippen molar-refractivity contribution in [2.75, 3.05) is 38.8 Å². The van der Waals surface area contributed by atoms with E-state index in [2.05, 4.69) is 20.2 Å². The zero-order valence-electron chi connectivity index (χ0n) is 13.4. The van der Waals surface area contributed by atoms with Gasteiger partial charge in [0.25, 0.3) is 0 Å². The third kappa shape index (κ3) is 3.17. The molecular formula is C15H22N4O4. The molecule has 1 aromatic rings. The quantitative estimate of drug-likeness (QED) is 0.828. The van der Waals surface area contributed by atoms with Crippen LogP contribution in [0.3, 0.4) is 0 Å². The third-order valence-corrected chi connectivity index (χ3v) is 4.85. The molecular weight excluding hydrogens is 300 g/mol. The van der Waals surface area contributed by atoms with Crippen molar-refractivity contribution in [1.82, 2.24) is 15.3 Å². The summed E-state index contributed by atoms with van der Waals surface area (Å²) in [5.74, 6) is 0.781. The smallest absolute Gasteiger partial charge is 0.320 e. The molecule has 2 aliphatic rings. The van der Waals surface area contributed by atoms with E-state index in [4.69, 9.17) is 14.6 Å². The summed E-state index contributed by atoms with van der Waals surface area (Å²) in [6.07, 6.45) is 2.54. The number of methoxy groups -OCH3 is 2. The molecule has 1 spiro atoms. The van der Waals surface area contributed by atoms with Gasteiger partial charge in [-0.25, -0.2) is 0 Å². The van der Waals surface area contributed by atoms with Gasteiger partial charge in [0.1, 0.15) is 6.04 Å². The first-order valence-electron chi connectivity index (χ1n) is 7.73. The molecule has 2 saturated heterocycles. The maximum Gasteiger partial charge on any atom is 0.320 e. The fourth-order valence-corrected chi connectivity index (χ4v) is 3.40. The van der Waals surface area contributed by atoms with E-state index in [9.17, 15) is 4.79 Å². The molecule has 2 fully saturated rings. The molecule has 0 amide bonds. The van der Waals surface area contributed by atoms with Gasteiger partial charge in [-0.15, -0.1) is 0 Å². The monoisotopic (exact) mass is 322 g/mol. The molecule has 126 valence electrons. The second-order valence-corrected chi connectivity index (χ2v) is 6.22. The predicted octanol–water partition coefficient (Wildman–Crippen LogP) is 0.527.